The molecule has 5 nitrogen and oxygen atoms in total. The van der Waals surface area contributed by atoms with Gasteiger partial charge < -0.3 is 5.73 Å². The molecule has 2 N–H and O–H groups in total. The van der Waals surface area contributed by atoms with E-state index in [2.05, 4.69) is 10.1 Å². The molecular formula is C20H20ClFN4O. The third-order valence-corrected chi connectivity index (χ3v) is 5.04. The Morgan fingerprint density at radius 2 is 2.00 bits per heavy atom. The molecule has 0 saturated carbocycles. The van der Waals surface area contributed by atoms with Gasteiger partial charge in [0, 0.05) is 22.5 Å². The van der Waals surface area contributed by atoms with Gasteiger partial charge in [-0.15, -0.1) is 0 Å². The Labute approximate surface area is 162 Å². The Morgan fingerprint density at radius 3 is 2.63 bits per heavy atom. The molecule has 0 spiro atoms. The van der Waals surface area contributed by atoms with Gasteiger partial charge >= 0.3 is 0 Å². The van der Waals surface area contributed by atoms with E-state index in [4.69, 9.17) is 17.3 Å². The average Bonchev–Trinajstić information content (AvgIpc) is 2.89. The van der Waals surface area contributed by atoms with Crippen LogP contribution in [0.1, 0.15) is 34.1 Å². The van der Waals surface area contributed by atoms with Crippen LogP contribution in [0.5, 0.6) is 0 Å². The van der Waals surface area contributed by atoms with Crippen molar-refractivity contribution in [2.75, 3.05) is 0 Å². The SMILES string of the molecule is Cc1ncccc1-n1nc(C)c(C(Cc2ccc(F)cc2Cl)C(N)=O)c1C. The van der Waals surface area contributed by atoms with Crippen LogP contribution in [0.15, 0.2) is 36.5 Å². The van der Waals surface area contributed by atoms with E-state index in [0.29, 0.717) is 11.3 Å². The van der Waals surface area contributed by atoms with Gasteiger partial charge in [-0.1, -0.05) is 17.7 Å². The summed E-state index contributed by atoms with van der Waals surface area (Å²) < 4.78 is 15.1. The highest BCUT2D eigenvalue weighted by atomic mass is 35.5. The van der Waals surface area contributed by atoms with Crippen molar-refractivity contribution in [3.63, 3.8) is 0 Å². The van der Waals surface area contributed by atoms with E-state index < -0.39 is 17.6 Å². The number of carbonyl (C=O) groups excluding carboxylic acids is 1. The molecular weight excluding hydrogens is 367 g/mol. The summed E-state index contributed by atoms with van der Waals surface area (Å²) in [4.78, 5) is 16.6. The number of benzene rings is 1. The minimum absolute atomic E-state index is 0.270. The minimum atomic E-state index is -0.626. The highest BCUT2D eigenvalue weighted by molar-refractivity contribution is 6.31. The van der Waals surface area contributed by atoms with Crippen LogP contribution in [0.2, 0.25) is 5.02 Å². The molecule has 1 unspecified atom stereocenters. The lowest BCUT2D eigenvalue weighted by Crippen LogP contribution is -2.24. The first-order chi connectivity index (χ1) is 12.8. The maximum absolute atomic E-state index is 13.3. The molecule has 3 rings (SSSR count). The molecule has 0 saturated heterocycles. The largest absolute Gasteiger partial charge is 0.369 e. The van der Waals surface area contributed by atoms with Gasteiger partial charge in [0.05, 0.1) is 23.0 Å². The molecule has 0 aliphatic carbocycles. The molecule has 3 aromatic rings. The number of rotatable bonds is 5. The van der Waals surface area contributed by atoms with Crippen LogP contribution in [0.25, 0.3) is 5.69 Å². The van der Waals surface area contributed by atoms with Gasteiger partial charge in [0.25, 0.3) is 0 Å². The summed E-state index contributed by atoms with van der Waals surface area (Å²) in [6.45, 7) is 5.63. The molecule has 1 atom stereocenters. The molecule has 0 fully saturated rings. The quantitative estimate of drug-likeness (QED) is 0.724. The molecule has 0 radical (unpaired) electrons. The van der Waals surface area contributed by atoms with E-state index in [-0.39, 0.29) is 11.4 Å². The first kappa shape index (κ1) is 19.0. The van der Waals surface area contributed by atoms with Gasteiger partial charge in [-0.25, -0.2) is 9.07 Å². The minimum Gasteiger partial charge on any atom is -0.369 e. The van der Waals surface area contributed by atoms with E-state index in [1.807, 2.05) is 32.9 Å². The fraction of sp³-hybridized carbons (Fsp3) is 0.250. The highest BCUT2D eigenvalue weighted by Crippen LogP contribution is 2.31. The summed E-state index contributed by atoms with van der Waals surface area (Å²) in [6.07, 6.45) is 1.99. The first-order valence-electron chi connectivity index (χ1n) is 8.51. The van der Waals surface area contributed by atoms with Crippen LogP contribution in [0.4, 0.5) is 4.39 Å². The van der Waals surface area contributed by atoms with Crippen molar-refractivity contribution in [2.24, 2.45) is 5.73 Å². The topological polar surface area (TPSA) is 73.8 Å². The number of carbonyl (C=O) groups is 1. The van der Waals surface area contributed by atoms with Crippen molar-refractivity contribution in [2.45, 2.75) is 33.1 Å². The predicted octanol–water partition coefficient (Wildman–Crippen LogP) is 3.80. The molecule has 7 heteroatoms. The van der Waals surface area contributed by atoms with E-state index in [9.17, 15) is 9.18 Å². The number of halogens is 2. The zero-order valence-electron chi connectivity index (χ0n) is 15.3. The smallest absolute Gasteiger partial charge is 0.225 e. The number of nitrogens with two attached hydrogens (primary N) is 1. The van der Waals surface area contributed by atoms with Crippen LogP contribution >= 0.6 is 11.6 Å². The fourth-order valence-electron chi connectivity index (χ4n) is 3.35. The normalized spacial score (nSPS) is 12.2. The molecule has 1 amide bonds. The van der Waals surface area contributed by atoms with Crippen molar-refractivity contribution >= 4 is 17.5 Å². The van der Waals surface area contributed by atoms with E-state index in [0.717, 1.165) is 22.6 Å². The second-order valence-electron chi connectivity index (χ2n) is 6.50. The molecule has 27 heavy (non-hydrogen) atoms. The summed E-state index contributed by atoms with van der Waals surface area (Å²) in [7, 11) is 0. The second kappa shape index (κ2) is 7.48. The summed E-state index contributed by atoms with van der Waals surface area (Å²) in [6, 6.07) is 7.89. The summed E-state index contributed by atoms with van der Waals surface area (Å²) in [5, 5.41) is 4.87. The Hall–Kier alpha value is -2.73. The molecule has 0 aliphatic heterocycles. The van der Waals surface area contributed by atoms with Crippen LogP contribution in [0, 0.1) is 26.6 Å². The van der Waals surface area contributed by atoms with Gasteiger partial charge in [-0.2, -0.15) is 5.10 Å². The van der Waals surface area contributed by atoms with Gasteiger partial charge in [-0.05, 0) is 57.0 Å². The lowest BCUT2D eigenvalue weighted by atomic mass is 9.90. The summed E-state index contributed by atoms with van der Waals surface area (Å²) in [5.41, 5.74) is 10.3. The number of amides is 1. The van der Waals surface area contributed by atoms with E-state index in [1.165, 1.54) is 12.1 Å². The Balaban J connectivity index is 2.07. The molecule has 140 valence electrons. The Kier molecular flexibility index (Phi) is 5.28. The van der Waals surface area contributed by atoms with Crippen molar-refractivity contribution < 1.29 is 9.18 Å². The maximum atomic E-state index is 13.3. The lowest BCUT2D eigenvalue weighted by Gasteiger charge is -2.16. The zero-order valence-corrected chi connectivity index (χ0v) is 16.1. The average molecular weight is 387 g/mol. The molecule has 0 aliphatic rings. The summed E-state index contributed by atoms with van der Waals surface area (Å²) >= 11 is 6.15. The van der Waals surface area contributed by atoms with Crippen LogP contribution in [-0.2, 0) is 11.2 Å². The third-order valence-electron chi connectivity index (χ3n) is 4.69. The maximum Gasteiger partial charge on any atom is 0.225 e. The highest BCUT2D eigenvalue weighted by Gasteiger charge is 2.27. The van der Waals surface area contributed by atoms with Crippen molar-refractivity contribution in [3.8, 4) is 5.69 Å². The Morgan fingerprint density at radius 1 is 1.26 bits per heavy atom. The zero-order chi connectivity index (χ0) is 19.7. The van der Waals surface area contributed by atoms with Gasteiger partial charge in [-0.3, -0.25) is 9.78 Å². The number of aromatic nitrogens is 3. The fourth-order valence-corrected chi connectivity index (χ4v) is 3.59. The predicted molar refractivity (Wildman–Crippen MR) is 103 cm³/mol. The Bertz CT molecular complexity index is 1020. The standard InChI is InChI=1S/C20H20ClFN4O/c1-11-18(5-4-8-24-11)26-13(3)19(12(2)25-26)16(20(23)27)9-14-6-7-15(22)10-17(14)21/h4-8,10,16H,9H2,1-3H3,(H2,23,27). The number of pyridine rings is 1. The van der Waals surface area contributed by atoms with Crippen molar-refractivity contribution in [1.82, 2.24) is 14.8 Å². The van der Waals surface area contributed by atoms with Crippen LogP contribution in [0.3, 0.4) is 0 Å². The number of nitrogens with zero attached hydrogens (tertiary/aromatic N) is 3. The van der Waals surface area contributed by atoms with Gasteiger partial charge in [0.2, 0.25) is 5.91 Å². The molecule has 0 bridgehead atoms. The summed E-state index contributed by atoms with van der Waals surface area (Å²) in [5.74, 6) is -1.53. The third kappa shape index (κ3) is 3.71. The number of primary amides is 1. The molecule has 2 aromatic heterocycles. The van der Waals surface area contributed by atoms with Crippen LogP contribution < -0.4 is 5.73 Å². The second-order valence-corrected chi connectivity index (χ2v) is 6.91. The van der Waals surface area contributed by atoms with Crippen LogP contribution in [-0.4, -0.2) is 20.7 Å². The number of hydrogen-bond acceptors (Lipinski definition) is 3. The first-order valence-corrected chi connectivity index (χ1v) is 8.88. The molecule has 2 heterocycles. The van der Waals surface area contributed by atoms with Gasteiger partial charge in [0.1, 0.15) is 5.82 Å². The van der Waals surface area contributed by atoms with E-state index in [1.54, 1.807) is 16.9 Å². The van der Waals surface area contributed by atoms with Crippen molar-refractivity contribution in [3.05, 3.63) is 75.6 Å². The lowest BCUT2D eigenvalue weighted by molar-refractivity contribution is -0.119. The molecule has 1 aromatic carbocycles. The number of hydrogen-bond donors (Lipinski definition) is 1. The van der Waals surface area contributed by atoms with Crippen molar-refractivity contribution in [1.29, 1.82) is 0 Å². The van der Waals surface area contributed by atoms with Gasteiger partial charge in [0.15, 0.2) is 0 Å². The monoisotopic (exact) mass is 386 g/mol. The van der Waals surface area contributed by atoms with E-state index >= 15 is 0 Å². The number of aryl methyl sites for hydroxylation is 2.